The van der Waals surface area contributed by atoms with E-state index in [1.165, 1.54) is 17.3 Å². The number of amides is 1. The second kappa shape index (κ2) is 7.04. The minimum Gasteiger partial charge on any atom is -0.507 e. The summed E-state index contributed by atoms with van der Waals surface area (Å²) in [6, 6.07) is 8.85. The van der Waals surface area contributed by atoms with Gasteiger partial charge in [-0.15, -0.1) is 0 Å². The number of nitrogens with zero attached hydrogens (tertiary/aromatic N) is 2. The Morgan fingerprint density at radius 3 is 2.36 bits per heavy atom. The van der Waals surface area contributed by atoms with Gasteiger partial charge in [0.05, 0.1) is 18.2 Å². The van der Waals surface area contributed by atoms with Crippen molar-refractivity contribution in [3.63, 3.8) is 0 Å². The van der Waals surface area contributed by atoms with Crippen LogP contribution in [0.2, 0.25) is 5.02 Å². The molecule has 1 aliphatic rings. The van der Waals surface area contributed by atoms with Crippen LogP contribution in [0.15, 0.2) is 54.4 Å². The van der Waals surface area contributed by atoms with E-state index in [9.17, 15) is 19.8 Å². The number of Topliss-reactive ketones (excluding diaryl/α,β-unsaturated/α-hetero) is 1. The van der Waals surface area contributed by atoms with E-state index in [1.807, 2.05) is 0 Å². The Morgan fingerprint density at radius 2 is 1.76 bits per heavy atom. The number of benzene rings is 1. The Hall–Kier alpha value is -2.70. The predicted octanol–water partition coefficient (Wildman–Crippen LogP) is 2.15. The zero-order valence-electron chi connectivity index (χ0n) is 13.1. The first-order valence-electron chi connectivity index (χ1n) is 7.59. The first kappa shape index (κ1) is 17.1. The standard InChI is InChI=1S/C18H15ClN2O4/c19-13-3-1-12(2-4-13)16(23)14-15(11-5-7-20-8-6-11)21(9-10-22)18(25)17(14)24/h1-8,15,22-23H,9-10H2/t15-/m1/s1. The third-order valence-electron chi connectivity index (χ3n) is 4.02. The van der Waals surface area contributed by atoms with E-state index in [-0.39, 0.29) is 24.5 Å². The molecule has 25 heavy (non-hydrogen) atoms. The van der Waals surface area contributed by atoms with Crippen molar-refractivity contribution in [2.75, 3.05) is 13.2 Å². The van der Waals surface area contributed by atoms with Crippen LogP contribution in [0, 0.1) is 0 Å². The molecule has 2 heterocycles. The van der Waals surface area contributed by atoms with Gasteiger partial charge in [-0.05, 0) is 42.0 Å². The number of rotatable bonds is 4. The fourth-order valence-electron chi connectivity index (χ4n) is 2.87. The largest absolute Gasteiger partial charge is 0.507 e. The molecule has 1 aliphatic heterocycles. The van der Waals surface area contributed by atoms with E-state index in [4.69, 9.17) is 11.6 Å². The number of ketones is 1. The van der Waals surface area contributed by atoms with Crippen LogP contribution in [-0.2, 0) is 9.59 Å². The van der Waals surface area contributed by atoms with Crippen molar-refractivity contribution in [2.24, 2.45) is 0 Å². The number of pyridine rings is 1. The summed E-state index contributed by atoms with van der Waals surface area (Å²) >= 11 is 5.86. The van der Waals surface area contributed by atoms with Gasteiger partial charge in [-0.25, -0.2) is 0 Å². The first-order valence-corrected chi connectivity index (χ1v) is 7.97. The van der Waals surface area contributed by atoms with Gasteiger partial charge in [0.15, 0.2) is 0 Å². The molecule has 7 heteroatoms. The molecule has 0 radical (unpaired) electrons. The molecule has 1 atom stereocenters. The van der Waals surface area contributed by atoms with Gasteiger partial charge in [-0.3, -0.25) is 14.6 Å². The molecule has 0 saturated carbocycles. The average molecular weight is 359 g/mol. The highest BCUT2D eigenvalue weighted by Gasteiger charge is 2.45. The highest BCUT2D eigenvalue weighted by Crippen LogP contribution is 2.38. The summed E-state index contributed by atoms with van der Waals surface area (Å²) in [5.74, 6) is -1.83. The minimum atomic E-state index is -0.789. The number of carbonyl (C=O) groups is 2. The van der Waals surface area contributed by atoms with Crippen molar-refractivity contribution in [3.05, 3.63) is 70.5 Å². The molecule has 1 aromatic heterocycles. The summed E-state index contributed by atoms with van der Waals surface area (Å²) in [6.07, 6.45) is 3.08. The highest BCUT2D eigenvalue weighted by atomic mass is 35.5. The van der Waals surface area contributed by atoms with Crippen LogP contribution in [-0.4, -0.2) is 44.9 Å². The Balaban J connectivity index is 2.17. The van der Waals surface area contributed by atoms with Crippen molar-refractivity contribution < 1.29 is 19.8 Å². The molecular weight excluding hydrogens is 344 g/mol. The first-order chi connectivity index (χ1) is 12.0. The van der Waals surface area contributed by atoms with Gasteiger partial charge >= 0.3 is 0 Å². The molecule has 128 valence electrons. The molecular formula is C18H15ClN2O4. The van der Waals surface area contributed by atoms with Gasteiger partial charge in [0.1, 0.15) is 5.76 Å². The lowest BCUT2D eigenvalue weighted by Gasteiger charge is -2.24. The normalized spacial score (nSPS) is 19.4. The van der Waals surface area contributed by atoms with Crippen molar-refractivity contribution in [1.82, 2.24) is 9.88 Å². The van der Waals surface area contributed by atoms with Gasteiger partial charge in [-0.1, -0.05) is 11.6 Å². The maximum Gasteiger partial charge on any atom is 0.295 e. The van der Waals surface area contributed by atoms with E-state index in [2.05, 4.69) is 4.98 Å². The predicted molar refractivity (Wildman–Crippen MR) is 91.8 cm³/mol. The number of aliphatic hydroxyl groups excluding tert-OH is 2. The topological polar surface area (TPSA) is 90.7 Å². The van der Waals surface area contributed by atoms with Gasteiger partial charge in [0.25, 0.3) is 11.7 Å². The zero-order chi connectivity index (χ0) is 18.0. The fraction of sp³-hybridized carbons (Fsp3) is 0.167. The molecule has 2 N–H and O–H groups in total. The van der Waals surface area contributed by atoms with E-state index < -0.39 is 17.7 Å². The van der Waals surface area contributed by atoms with Crippen LogP contribution in [0.5, 0.6) is 0 Å². The Bertz CT molecular complexity index is 834. The summed E-state index contributed by atoms with van der Waals surface area (Å²) in [5, 5.41) is 20.4. The molecule has 0 aliphatic carbocycles. The monoisotopic (exact) mass is 358 g/mol. The smallest absolute Gasteiger partial charge is 0.295 e. The maximum atomic E-state index is 12.5. The van der Waals surface area contributed by atoms with E-state index in [1.54, 1.807) is 36.4 Å². The van der Waals surface area contributed by atoms with E-state index in [0.717, 1.165) is 0 Å². The van der Waals surface area contributed by atoms with Crippen LogP contribution in [0.4, 0.5) is 0 Å². The molecule has 1 saturated heterocycles. The van der Waals surface area contributed by atoms with Crippen LogP contribution >= 0.6 is 11.6 Å². The number of aromatic nitrogens is 1. The summed E-state index contributed by atoms with van der Waals surface area (Å²) < 4.78 is 0. The van der Waals surface area contributed by atoms with Crippen LogP contribution in [0.1, 0.15) is 17.2 Å². The van der Waals surface area contributed by atoms with Gasteiger partial charge in [0, 0.05) is 29.5 Å². The molecule has 0 spiro atoms. The molecule has 3 rings (SSSR count). The van der Waals surface area contributed by atoms with Crippen molar-refractivity contribution in [3.8, 4) is 0 Å². The number of hydrogen-bond donors (Lipinski definition) is 2. The molecule has 1 aromatic carbocycles. The SMILES string of the molecule is O=C1C(=O)N(CCO)[C@H](c2ccncc2)C1=C(O)c1ccc(Cl)cc1. The number of likely N-dealkylation sites (tertiary alicyclic amines) is 1. The third-order valence-corrected chi connectivity index (χ3v) is 4.27. The molecule has 2 aromatic rings. The quantitative estimate of drug-likeness (QED) is 0.496. The number of halogens is 1. The van der Waals surface area contributed by atoms with Crippen molar-refractivity contribution in [2.45, 2.75) is 6.04 Å². The van der Waals surface area contributed by atoms with E-state index in [0.29, 0.717) is 16.1 Å². The summed E-state index contributed by atoms with van der Waals surface area (Å²) in [5.41, 5.74) is 0.982. The fourth-order valence-corrected chi connectivity index (χ4v) is 3.00. The summed E-state index contributed by atoms with van der Waals surface area (Å²) in [7, 11) is 0. The van der Waals surface area contributed by atoms with Gasteiger partial charge in [-0.2, -0.15) is 0 Å². The lowest BCUT2D eigenvalue weighted by molar-refractivity contribution is -0.140. The number of hydrogen-bond acceptors (Lipinski definition) is 5. The Labute approximate surface area is 149 Å². The van der Waals surface area contributed by atoms with Gasteiger partial charge in [0.2, 0.25) is 0 Å². The molecule has 0 unspecified atom stereocenters. The highest BCUT2D eigenvalue weighted by molar-refractivity contribution is 6.46. The van der Waals surface area contributed by atoms with Crippen LogP contribution in [0.25, 0.3) is 5.76 Å². The maximum absolute atomic E-state index is 12.5. The van der Waals surface area contributed by atoms with Crippen molar-refractivity contribution >= 4 is 29.1 Å². The second-order valence-electron chi connectivity index (χ2n) is 5.50. The van der Waals surface area contributed by atoms with Gasteiger partial charge < -0.3 is 15.1 Å². The van der Waals surface area contributed by atoms with Crippen molar-refractivity contribution in [1.29, 1.82) is 0 Å². The summed E-state index contributed by atoms with van der Waals surface area (Å²) in [6.45, 7) is -0.315. The Kier molecular flexibility index (Phi) is 4.83. The average Bonchev–Trinajstić information content (AvgIpc) is 2.88. The van der Waals surface area contributed by atoms with Crippen LogP contribution in [0.3, 0.4) is 0 Å². The minimum absolute atomic E-state index is 0.0189. The zero-order valence-corrected chi connectivity index (χ0v) is 13.8. The lowest BCUT2D eigenvalue weighted by Crippen LogP contribution is -2.32. The van der Waals surface area contributed by atoms with Crippen LogP contribution < -0.4 is 0 Å². The second-order valence-corrected chi connectivity index (χ2v) is 5.94. The number of carbonyl (C=O) groups excluding carboxylic acids is 2. The summed E-state index contributed by atoms with van der Waals surface area (Å²) in [4.78, 5) is 30.1. The molecule has 0 bridgehead atoms. The molecule has 6 nitrogen and oxygen atoms in total. The Morgan fingerprint density at radius 1 is 1.12 bits per heavy atom. The molecule has 1 fully saturated rings. The molecule has 1 amide bonds. The third kappa shape index (κ3) is 3.14. The lowest BCUT2D eigenvalue weighted by atomic mass is 9.96. The number of aliphatic hydroxyl groups is 2. The number of β-amino-alcohol motifs (C(OH)–C–C–N with tert-alkyl or cyclic N) is 1. The van der Waals surface area contributed by atoms with E-state index >= 15 is 0 Å².